The third-order valence-corrected chi connectivity index (χ3v) is 7.28. The van der Waals surface area contributed by atoms with Crippen molar-refractivity contribution in [3.05, 3.63) is 11.3 Å². The molecular formula is C16H32O3Si. The Labute approximate surface area is 126 Å². The molecule has 118 valence electrons. The molecule has 1 atom stereocenters. The Morgan fingerprint density at radius 3 is 1.85 bits per heavy atom. The van der Waals surface area contributed by atoms with Gasteiger partial charge in [0.1, 0.15) is 0 Å². The van der Waals surface area contributed by atoms with E-state index in [0.29, 0.717) is 25.2 Å². The SMILES string of the molecule is CCO[Si](OCC)(OCC)C1=CCC(C(C)(C)C)CC1. The summed E-state index contributed by atoms with van der Waals surface area (Å²) in [4.78, 5) is 0. The van der Waals surface area contributed by atoms with Gasteiger partial charge in [-0.15, -0.1) is 0 Å². The molecule has 0 spiro atoms. The molecule has 0 saturated heterocycles. The van der Waals surface area contributed by atoms with Gasteiger partial charge in [-0.05, 0) is 56.6 Å². The summed E-state index contributed by atoms with van der Waals surface area (Å²) in [5, 5.41) is 1.29. The summed E-state index contributed by atoms with van der Waals surface area (Å²) < 4.78 is 18.0. The van der Waals surface area contributed by atoms with Crippen molar-refractivity contribution in [1.82, 2.24) is 0 Å². The van der Waals surface area contributed by atoms with Crippen molar-refractivity contribution < 1.29 is 13.3 Å². The van der Waals surface area contributed by atoms with Crippen LogP contribution in [0.2, 0.25) is 0 Å². The van der Waals surface area contributed by atoms with E-state index in [2.05, 4.69) is 26.8 Å². The van der Waals surface area contributed by atoms with E-state index in [1.54, 1.807) is 0 Å². The Balaban J connectivity index is 2.89. The van der Waals surface area contributed by atoms with Crippen molar-refractivity contribution in [3.8, 4) is 0 Å². The first kappa shape index (κ1) is 17.9. The van der Waals surface area contributed by atoms with Gasteiger partial charge in [0.2, 0.25) is 0 Å². The molecule has 1 aliphatic carbocycles. The third kappa shape index (κ3) is 4.42. The quantitative estimate of drug-likeness (QED) is 0.654. The first-order chi connectivity index (χ1) is 9.39. The molecule has 0 saturated carbocycles. The van der Waals surface area contributed by atoms with Crippen molar-refractivity contribution in [2.24, 2.45) is 11.3 Å². The first-order valence-corrected chi connectivity index (χ1v) is 9.73. The third-order valence-electron chi connectivity index (χ3n) is 4.03. The van der Waals surface area contributed by atoms with Crippen LogP contribution in [0.4, 0.5) is 0 Å². The minimum atomic E-state index is -2.62. The molecule has 4 heteroatoms. The van der Waals surface area contributed by atoms with Crippen LogP contribution in [0.3, 0.4) is 0 Å². The minimum Gasteiger partial charge on any atom is -0.370 e. The Bertz CT molecular complexity index is 303. The summed E-state index contributed by atoms with van der Waals surface area (Å²) in [6, 6.07) is 0. The van der Waals surface area contributed by atoms with Crippen LogP contribution >= 0.6 is 0 Å². The zero-order valence-electron chi connectivity index (χ0n) is 14.1. The molecule has 1 aliphatic rings. The van der Waals surface area contributed by atoms with Crippen molar-refractivity contribution in [3.63, 3.8) is 0 Å². The lowest BCUT2D eigenvalue weighted by atomic mass is 9.74. The molecule has 0 bridgehead atoms. The second-order valence-electron chi connectivity index (χ2n) is 6.42. The van der Waals surface area contributed by atoms with Gasteiger partial charge in [0.05, 0.1) is 0 Å². The normalized spacial score (nSPS) is 20.9. The molecule has 0 aromatic carbocycles. The molecule has 0 fully saturated rings. The highest BCUT2D eigenvalue weighted by Gasteiger charge is 2.46. The van der Waals surface area contributed by atoms with Crippen LogP contribution in [0.5, 0.6) is 0 Å². The maximum absolute atomic E-state index is 6.00. The van der Waals surface area contributed by atoms with Gasteiger partial charge in [0.25, 0.3) is 0 Å². The predicted octanol–water partition coefficient (Wildman–Crippen LogP) is 4.35. The average Bonchev–Trinajstić information content (AvgIpc) is 2.38. The van der Waals surface area contributed by atoms with E-state index in [4.69, 9.17) is 13.3 Å². The Morgan fingerprint density at radius 2 is 1.55 bits per heavy atom. The molecule has 0 aromatic heterocycles. The minimum absolute atomic E-state index is 0.370. The van der Waals surface area contributed by atoms with E-state index in [1.165, 1.54) is 11.6 Å². The highest BCUT2D eigenvalue weighted by atomic mass is 28.4. The standard InChI is InChI=1S/C16H32O3Si/c1-7-17-20(18-8-2,19-9-3)15-12-10-14(11-13-15)16(4,5)6/h12,14H,7-11,13H2,1-6H3. The lowest BCUT2D eigenvalue weighted by Gasteiger charge is -2.37. The molecule has 0 N–H and O–H groups in total. The second kappa shape index (κ2) is 7.73. The molecule has 1 unspecified atom stereocenters. The fourth-order valence-corrected chi connectivity index (χ4v) is 5.64. The van der Waals surface area contributed by atoms with Gasteiger partial charge in [-0.1, -0.05) is 26.8 Å². The Hall–Kier alpha value is -0.163. The molecule has 0 aliphatic heterocycles. The topological polar surface area (TPSA) is 27.7 Å². The van der Waals surface area contributed by atoms with Crippen LogP contribution in [0, 0.1) is 11.3 Å². The van der Waals surface area contributed by atoms with E-state index in [9.17, 15) is 0 Å². The molecule has 20 heavy (non-hydrogen) atoms. The van der Waals surface area contributed by atoms with Gasteiger partial charge < -0.3 is 13.3 Å². The Kier molecular flexibility index (Phi) is 6.92. The summed E-state index contributed by atoms with van der Waals surface area (Å²) in [6.45, 7) is 15.0. The van der Waals surface area contributed by atoms with Crippen molar-refractivity contribution in [2.45, 2.75) is 60.8 Å². The highest BCUT2D eigenvalue weighted by molar-refractivity contribution is 6.68. The van der Waals surface area contributed by atoms with Crippen LogP contribution in [0.15, 0.2) is 11.3 Å². The summed E-state index contributed by atoms with van der Waals surface area (Å²) in [5.74, 6) is 0.739. The van der Waals surface area contributed by atoms with Gasteiger partial charge in [-0.3, -0.25) is 0 Å². The fourth-order valence-electron chi connectivity index (χ4n) is 2.87. The van der Waals surface area contributed by atoms with Crippen LogP contribution in [0.25, 0.3) is 0 Å². The van der Waals surface area contributed by atoms with Crippen molar-refractivity contribution in [1.29, 1.82) is 0 Å². The maximum Gasteiger partial charge on any atom is 0.532 e. The van der Waals surface area contributed by atoms with Gasteiger partial charge in [0.15, 0.2) is 0 Å². The van der Waals surface area contributed by atoms with Gasteiger partial charge in [-0.25, -0.2) is 0 Å². The van der Waals surface area contributed by atoms with Crippen LogP contribution in [0.1, 0.15) is 60.8 Å². The van der Waals surface area contributed by atoms with E-state index in [1.807, 2.05) is 20.8 Å². The summed E-state index contributed by atoms with van der Waals surface area (Å²) in [7, 11) is -2.62. The summed E-state index contributed by atoms with van der Waals surface area (Å²) >= 11 is 0. The Morgan fingerprint density at radius 1 is 1.05 bits per heavy atom. The number of hydrogen-bond donors (Lipinski definition) is 0. The second-order valence-corrected chi connectivity index (χ2v) is 9.04. The lowest BCUT2D eigenvalue weighted by Crippen LogP contribution is -2.49. The van der Waals surface area contributed by atoms with Crippen molar-refractivity contribution in [2.75, 3.05) is 19.8 Å². The maximum atomic E-state index is 6.00. The number of hydrogen-bond acceptors (Lipinski definition) is 3. The van der Waals surface area contributed by atoms with Crippen LogP contribution < -0.4 is 0 Å². The van der Waals surface area contributed by atoms with E-state index < -0.39 is 8.80 Å². The van der Waals surface area contributed by atoms with E-state index in [-0.39, 0.29) is 0 Å². The van der Waals surface area contributed by atoms with Gasteiger partial charge in [0, 0.05) is 19.8 Å². The molecule has 1 rings (SSSR count). The van der Waals surface area contributed by atoms with E-state index >= 15 is 0 Å². The summed E-state index contributed by atoms with van der Waals surface area (Å²) in [5.41, 5.74) is 0.370. The first-order valence-electron chi connectivity index (χ1n) is 8.01. The van der Waals surface area contributed by atoms with Crippen LogP contribution in [-0.2, 0) is 13.3 Å². The number of allylic oxidation sites excluding steroid dienone is 2. The van der Waals surface area contributed by atoms with Crippen molar-refractivity contribution >= 4 is 8.80 Å². The molecular weight excluding hydrogens is 268 g/mol. The molecule has 3 nitrogen and oxygen atoms in total. The average molecular weight is 301 g/mol. The largest absolute Gasteiger partial charge is 0.532 e. The molecule has 0 amide bonds. The monoisotopic (exact) mass is 300 g/mol. The molecule has 0 radical (unpaired) electrons. The fraction of sp³-hybridized carbons (Fsp3) is 0.875. The predicted molar refractivity (Wildman–Crippen MR) is 85.5 cm³/mol. The summed E-state index contributed by atoms with van der Waals surface area (Å²) in [6.07, 6.45) is 5.71. The zero-order valence-corrected chi connectivity index (χ0v) is 15.1. The smallest absolute Gasteiger partial charge is 0.370 e. The zero-order chi connectivity index (χ0) is 15.2. The lowest BCUT2D eigenvalue weighted by molar-refractivity contribution is 0.0779. The van der Waals surface area contributed by atoms with E-state index in [0.717, 1.165) is 18.8 Å². The molecule has 0 aromatic rings. The number of rotatable bonds is 7. The molecule has 0 heterocycles. The van der Waals surface area contributed by atoms with Gasteiger partial charge >= 0.3 is 8.80 Å². The van der Waals surface area contributed by atoms with Crippen LogP contribution in [-0.4, -0.2) is 28.6 Å². The highest BCUT2D eigenvalue weighted by Crippen LogP contribution is 2.39. The van der Waals surface area contributed by atoms with Gasteiger partial charge in [-0.2, -0.15) is 0 Å².